The number of allylic oxidation sites excluding steroid dienone is 1. The van der Waals surface area contributed by atoms with E-state index in [0.29, 0.717) is 43.6 Å². The van der Waals surface area contributed by atoms with Crippen molar-refractivity contribution < 1.29 is 23.4 Å². The molecule has 0 radical (unpaired) electrons. The molecule has 4 aromatic rings. The van der Waals surface area contributed by atoms with Crippen LogP contribution in [0.4, 0.5) is 0 Å². The third-order valence-electron chi connectivity index (χ3n) is 6.28. The molecule has 1 aliphatic rings. The maximum atomic E-state index is 13.9. The average molecular weight is 656 g/mol. The van der Waals surface area contributed by atoms with Crippen LogP contribution < -0.4 is 24.4 Å². The fourth-order valence-electron chi connectivity index (χ4n) is 4.47. The zero-order valence-electron chi connectivity index (χ0n) is 21.7. The van der Waals surface area contributed by atoms with Crippen LogP contribution in [0.15, 0.2) is 80.1 Å². The first-order valence-electron chi connectivity index (χ1n) is 12.1. The number of hydrogen-bond acceptors (Lipinski definition) is 8. The quantitative estimate of drug-likeness (QED) is 0.212. The Bertz CT molecular complexity index is 1760. The van der Waals surface area contributed by atoms with E-state index in [1.807, 2.05) is 36.4 Å². The SMILES string of the molecule is CCOC(=O)C1=C(C)N=c2s/c(=C\c3ccc(-c4ccc(I)cc4)o3)c(=O)n2[C@@H]1c1cc(OC)ccc1OC. The summed E-state index contributed by atoms with van der Waals surface area (Å²) in [5.41, 5.74) is 1.95. The molecule has 0 aliphatic carbocycles. The van der Waals surface area contributed by atoms with Gasteiger partial charge in [0.15, 0.2) is 4.80 Å². The lowest BCUT2D eigenvalue weighted by Crippen LogP contribution is -2.40. The van der Waals surface area contributed by atoms with Gasteiger partial charge in [-0.1, -0.05) is 23.5 Å². The van der Waals surface area contributed by atoms with Gasteiger partial charge < -0.3 is 18.6 Å². The van der Waals surface area contributed by atoms with Gasteiger partial charge >= 0.3 is 5.97 Å². The Balaban J connectivity index is 1.68. The van der Waals surface area contributed by atoms with Gasteiger partial charge in [-0.3, -0.25) is 9.36 Å². The number of methoxy groups -OCH3 is 2. The van der Waals surface area contributed by atoms with Crippen molar-refractivity contribution >= 4 is 46.0 Å². The summed E-state index contributed by atoms with van der Waals surface area (Å²) in [5, 5.41) is 0. The smallest absolute Gasteiger partial charge is 0.338 e. The Kier molecular flexibility index (Phi) is 7.76. The van der Waals surface area contributed by atoms with Crippen molar-refractivity contribution in [3.63, 3.8) is 0 Å². The second-order valence-corrected chi connectivity index (χ2v) is 10.9. The number of esters is 1. The highest BCUT2D eigenvalue weighted by atomic mass is 127. The van der Waals surface area contributed by atoms with E-state index in [2.05, 4.69) is 27.6 Å². The van der Waals surface area contributed by atoms with Crippen LogP contribution in [0.25, 0.3) is 17.4 Å². The van der Waals surface area contributed by atoms with E-state index in [4.69, 9.17) is 18.6 Å². The number of benzene rings is 2. The van der Waals surface area contributed by atoms with Gasteiger partial charge in [0.1, 0.15) is 29.1 Å². The highest BCUT2D eigenvalue weighted by Gasteiger charge is 2.35. The lowest BCUT2D eigenvalue weighted by molar-refractivity contribution is -0.139. The zero-order chi connectivity index (χ0) is 27.7. The monoisotopic (exact) mass is 656 g/mol. The summed E-state index contributed by atoms with van der Waals surface area (Å²) in [7, 11) is 3.09. The molecule has 0 unspecified atom stereocenters. The molecule has 0 saturated carbocycles. The van der Waals surface area contributed by atoms with Gasteiger partial charge in [0.05, 0.1) is 36.6 Å². The van der Waals surface area contributed by atoms with Crippen molar-refractivity contribution in [2.75, 3.05) is 20.8 Å². The molecular formula is C29H25IN2O6S. The Labute approximate surface area is 242 Å². The fourth-order valence-corrected chi connectivity index (χ4v) is 5.85. The molecular weight excluding hydrogens is 631 g/mol. The van der Waals surface area contributed by atoms with E-state index >= 15 is 0 Å². The predicted octanol–water partition coefficient (Wildman–Crippen LogP) is 4.68. The minimum atomic E-state index is -0.827. The number of thiazole rings is 1. The van der Waals surface area contributed by atoms with Crippen molar-refractivity contribution in [3.05, 3.63) is 100 Å². The number of carbonyl (C=O) groups is 1. The van der Waals surface area contributed by atoms with E-state index in [1.54, 1.807) is 45.2 Å². The van der Waals surface area contributed by atoms with Crippen molar-refractivity contribution in [2.45, 2.75) is 19.9 Å². The molecule has 5 rings (SSSR count). The molecule has 200 valence electrons. The van der Waals surface area contributed by atoms with E-state index in [9.17, 15) is 9.59 Å². The number of hydrogen-bond donors (Lipinski definition) is 0. The zero-order valence-corrected chi connectivity index (χ0v) is 24.7. The summed E-state index contributed by atoms with van der Waals surface area (Å²) in [6.45, 7) is 3.66. The van der Waals surface area contributed by atoms with Gasteiger partial charge in [0.25, 0.3) is 5.56 Å². The van der Waals surface area contributed by atoms with Crippen LogP contribution in [0.3, 0.4) is 0 Å². The maximum absolute atomic E-state index is 13.9. The fraction of sp³-hybridized carbons (Fsp3) is 0.207. The summed E-state index contributed by atoms with van der Waals surface area (Å²) >= 11 is 3.48. The first-order valence-corrected chi connectivity index (χ1v) is 14.0. The molecule has 2 aromatic heterocycles. The van der Waals surface area contributed by atoms with Crippen molar-refractivity contribution in [1.29, 1.82) is 0 Å². The van der Waals surface area contributed by atoms with Gasteiger partial charge in [0.2, 0.25) is 0 Å². The lowest BCUT2D eigenvalue weighted by atomic mass is 9.95. The van der Waals surface area contributed by atoms with Crippen molar-refractivity contribution in [1.82, 2.24) is 4.57 Å². The summed E-state index contributed by atoms with van der Waals surface area (Å²) in [5.74, 6) is 1.75. The van der Waals surface area contributed by atoms with Crippen LogP contribution in [0, 0.1) is 3.57 Å². The summed E-state index contributed by atoms with van der Waals surface area (Å²) in [6.07, 6.45) is 1.70. The second-order valence-electron chi connectivity index (χ2n) is 8.62. The summed E-state index contributed by atoms with van der Waals surface area (Å²) < 4.78 is 25.6. The molecule has 0 fully saturated rings. The molecule has 0 saturated heterocycles. The molecule has 0 spiro atoms. The van der Waals surface area contributed by atoms with Gasteiger partial charge in [-0.15, -0.1) is 0 Å². The normalized spacial score (nSPS) is 15.1. The Morgan fingerprint density at radius 1 is 1.13 bits per heavy atom. The van der Waals surface area contributed by atoms with Gasteiger partial charge in [-0.2, -0.15) is 0 Å². The maximum Gasteiger partial charge on any atom is 0.338 e. The first-order chi connectivity index (χ1) is 18.8. The van der Waals surface area contributed by atoms with Crippen LogP contribution in [0.5, 0.6) is 11.5 Å². The topological polar surface area (TPSA) is 92.3 Å². The largest absolute Gasteiger partial charge is 0.497 e. The van der Waals surface area contributed by atoms with Crippen molar-refractivity contribution in [3.8, 4) is 22.8 Å². The highest BCUT2D eigenvalue weighted by molar-refractivity contribution is 14.1. The molecule has 0 amide bonds. The van der Waals surface area contributed by atoms with Crippen LogP contribution in [-0.2, 0) is 9.53 Å². The first kappa shape index (κ1) is 26.9. The van der Waals surface area contributed by atoms with Gasteiger partial charge in [-0.25, -0.2) is 9.79 Å². The van der Waals surface area contributed by atoms with Crippen LogP contribution >= 0.6 is 33.9 Å². The van der Waals surface area contributed by atoms with Crippen LogP contribution in [0.2, 0.25) is 0 Å². The number of carbonyl (C=O) groups excluding carboxylic acids is 1. The third kappa shape index (κ3) is 5.18. The molecule has 0 bridgehead atoms. The molecule has 0 N–H and O–H groups in total. The molecule has 1 aliphatic heterocycles. The van der Waals surface area contributed by atoms with Gasteiger partial charge in [0, 0.05) is 20.8 Å². The molecule has 8 nitrogen and oxygen atoms in total. The average Bonchev–Trinajstić information content (AvgIpc) is 3.52. The number of ether oxygens (including phenoxy) is 3. The number of nitrogens with zero attached hydrogens (tertiary/aromatic N) is 2. The molecule has 2 aromatic carbocycles. The molecule has 1 atom stereocenters. The Morgan fingerprint density at radius 2 is 1.90 bits per heavy atom. The van der Waals surface area contributed by atoms with Gasteiger partial charge in [-0.05, 0) is 78.9 Å². The molecule has 10 heteroatoms. The summed E-state index contributed by atoms with van der Waals surface area (Å²) in [4.78, 5) is 32.2. The Hall–Kier alpha value is -3.64. The number of halogens is 1. The van der Waals surface area contributed by atoms with E-state index in [0.717, 1.165) is 9.13 Å². The summed E-state index contributed by atoms with van der Waals surface area (Å²) in [6, 6.07) is 16.1. The predicted molar refractivity (Wildman–Crippen MR) is 157 cm³/mol. The lowest BCUT2D eigenvalue weighted by Gasteiger charge is -2.26. The standard InChI is InChI=1S/C29H25IN2O6S/c1-5-37-28(34)25-16(2)31-29-32(26(25)21-14-19(35-3)10-13-23(21)36-4)27(33)24(39-29)15-20-11-12-22(38-20)17-6-8-18(30)9-7-17/h6-15,26H,5H2,1-4H3/b24-15-/t26-/m1/s1. The minimum absolute atomic E-state index is 0.184. The Morgan fingerprint density at radius 3 is 2.59 bits per heavy atom. The highest BCUT2D eigenvalue weighted by Crippen LogP contribution is 2.37. The molecule has 39 heavy (non-hydrogen) atoms. The number of furan rings is 1. The van der Waals surface area contributed by atoms with Crippen LogP contribution in [-0.4, -0.2) is 31.4 Å². The van der Waals surface area contributed by atoms with E-state index in [1.165, 1.54) is 23.0 Å². The second kappa shape index (κ2) is 11.2. The molecule has 3 heterocycles. The van der Waals surface area contributed by atoms with E-state index < -0.39 is 12.0 Å². The number of aromatic nitrogens is 1. The third-order valence-corrected chi connectivity index (χ3v) is 7.98. The van der Waals surface area contributed by atoms with Crippen molar-refractivity contribution in [2.24, 2.45) is 4.99 Å². The van der Waals surface area contributed by atoms with Crippen LogP contribution in [0.1, 0.15) is 31.2 Å². The number of rotatable bonds is 7. The number of fused-ring (bicyclic) bond motifs is 1. The minimum Gasteiger partial charge on any atom is -0.497 e. The van der Waals surface area contributed by atoms with E-state index in [-0.39, 0.29) is 17.7 Å².